The summed E-state index contributed by atoms with van der Waals surface area (Å²) in [7, 11) is 0. The van der Waals surface area contributed by atoms with E-state index in [1.807, 2.05) is 4.68 Å². The molecule has 2 nitrogen and oxygen atoms in total. The molecule has 0 aliphatic heterocycles. The molecule has 0 N–H and O–H groups in total. The third-order valence-electron chi connectivity index (χ3n) is 1.27. The van der Waals surface area contributed by atoms with Gasteiger partial charge < -0.3 is 0 Å². The normalized spacial score (nSPS) is 10.1. The van der Waals surface area contributed by atoms with E-state index in [2.05, 4.69) is 47.7 Å². The number of aryl methyl sites for hydroxylation is 1. The summed E-state index contributed by atoms with van der Waals surface area (Å²) in [6.45, 7) is 5.06. The Morgan fingerprint density at radius 3 is 2.67 bits per heavy atom. The maximum absolute atomic E-state index is 4.02. The summed E-state index contributed by atoms with van der Waals surface area (Å²) in [6, 6.07) is 0. The molecular weight excluding hydrogens is 227 g/mol. The summed E-state index contributed by atoms with van der Waals surface area (Å²) in [5.41, 5.74) is 1.21. The molecule has 1 heterocycles. The molecule has 1 aromatic rings. The highest BCUT2D eigenvalue weighted by atomic mass is 127. The van der Waals surface area contributed by atoms with Gasteiger partial charge in [0.15, 0.2) is 0 Å². The van der Waals surface area contributed by atoms with Gasteiger partial charge in [0, 0.05) is 12.2 Å². The summed E-state index contributed by atoms with van der Waals surface area (Å²) in [6.07, 6.45) is 2.89. The van der Waals surface area contributed by atoms with Crippen LogP contribution in [0, 0.1) is 16.7 Å². The van der Waals surface area contributed by atoms with E-state index < -0.39 is 0 Å². The molecule has 0 saturated heterocycles. The summed E-state index contributed by atoms with van der Waals surface area (Å²) < 4.78 is 3.05. The summed E-state index contributed by atoms with van der Waals surface area (Å²) in [5, 5.41) is 4.02. The molecule has 0 aromatic carbocycles. The van der Waals surface area contributed by atoms with E-state index in [1.165, 1.54) is 5.69 Å². The molecule has 0 aliphatic carbocycles. The molecule has 0 atom stereocenters. The second kappa shape index (κ2) is 2.68. The quantitative estimate of drug-likeness (QED) is 0.676. The molecule has 49 valence electrons. The lowest BCUT2D eigenvalue weighted by Gasteiger charge is -1.96. The van der Waals surface area contributed by atoms with Crippen LogP contribution in [0.25, 0.3) is 0 Å². The minimum atomic E-state index is 0.936. The van der Waals surface area contributed by atoms with Crippen molar-refractivity contribution in [1.82, 2.24) is 9.78 Å². The zero-order valence-corrected chi connectivity index (χ0v) is 7.64. The third kappa shape index (κ3) is 1.26. The molecule has 3 heteroatoms. The first-order chi connectivity index (χ1) is 4.25. The Bertz CT molecular complexity index is 205. The molecule has 1 rings (SSSR count). The topological polar surface area (TPSA) is 17.8 Å². The highest BCUT2D eigenvalue weighted by Gasteiger charge is 1.99. The van der Waals surface area contributed by atoms with E-state index in [-0.39, 0.29) is 0 Å². The Morgan fingerprint density at radius 1 is 1.78 bits per heavy atom. The van der Waals surface area contributed by atoms with Crippen molar-refractivity contribution >= 4 is 22.6 Å². The average molecular weight is 235 g/mol. The van der Waals surface area contributed by atoms with Gasteiger partial charge in [-0.05, 0) is 36.4 Å². The van der Waals surface area contributed by atoms with Gasteiger partial charge in [0.25, 0.3) is 0 Å². The van der Waals surface area contributed by atoms with E-state index in [9.17, 15) is 0 Å². The van der Waals surface area contributed by atoms with Gasteiger partial charge in [-0.25, -0.2) is 0 Å². The van der Waals surface area contributed by atoms with Crippen LogP contribution in [0.1, 0.15) is 12.6 Å². The van der Waals surface area contributed by atoms with Crippen LogP contribution in [0.5, 0.6) is 0 Å². The third-order valence-corrected chi connectivity index (χ3v) is 2.30. The van der Waals surface area contributed by atoms with Crippen LogP contribution in [0.3, 0.4) is 0 Å². The average Bonchev–Trinajstić information content (AvgIpc) is 2.15. The molecule has 1 aromatic heterocycles. The largest absolute Gasteiger partial charge is 0.268 e. The second-order valence-electron chi connectivity index (χ2n) is 1.83. The van der Waals surface area contributed by atoms with Crippen LogP contribution in [0.4, 0.5) is 0 Å². The minimum Gasteiger partial charge on any atom is -0.268 e. The molecule has 0 bridgehead atoms. The molecule has 0 spiro atoms. The van der Waals surface area contributed by atoms with Crippen LogP contribution < -0.4 is 0 Å². The SMILES string of the molecule is CCn1n[c]c(I)c1C. The zero-order chi connectivity index (χ0) is 6.85. The predicted molar refractivity (Wildman–Crippen MR) is 44.2 cm³/mol. The first kappa shape index (κ1) is 7.05. The highest BCUT2D eigenvalue weighted by molar-refractivity contribution is 14.1. The number of nitrogens with zero attached hydrogens (tertiary/aromatic N) is 2. The highest BCUT2D eigenvalue weighted by Crippen LogP contribution is 2.07. The monoisotopic (exact) mass is 235 g/mol. The molecular formula is C6H8IN2. The number of hydrogen-bond donors (Lipinski definition) is 0. The summed E-state index contributed by atoms with van der Waals surface area (Å²) in [5.74, 6) is 0. The number of aromatic nitrogens is 2. The maximum Gasteiger partial charge on any atom is 0.127 e. The first-order valence-corrected chi connectivity index (χ1v) is 3.94. The van der Waals surface area contributed by atoms with Gasteiger partial charge in [-0.15, -0.1) is 0 Å². The van der Waals surface area contributed by atoms with E-state index in [4.69, 9.17) is 0 Å². The molecule has 0 aliphatic rings. The van der Waals surface area contributed by atoms with E-state index >= 15 is 0 Å². The second-order valence-corrected chi connectivity index (χ2v) is 2.91. The molecule has 0 amide bonds. The van der Waals surface area contributed by atoms with Gasteiger partial charge in [0.1, 0.15) is 6.20 Å². The number of halogens is 1. The van der Waals surface area contributed by atoms with Crippen molar-refractivity contribution in [2.24, 2.45) is 0 Å². The molecule has 9 heavy (non-hydrogen) atoms. The smallest absolute Gasteiger partial charge is 0.127 e. The van der Waals surface area contributed by atoms with Crippen LogP contribution in [0.2, 0.25) is 0 Å². The van der Waals surface area contributed by atoms with Crippen molar-refractivity contribution in [3.8, 4) is 0 Å². The van der Waals surface area contributed by atoms with Crippen LogP contribution in [0.15, 0.2) is 0 Å². The fourth-order valence-corrected chi connectivity index (χ4v) is 1.07. The molecule has 0 fully saturated rings. The van der Waals surface area contributed by atoms with Gasteiger partial charge in [-0.1, -0.05) is 0 Å². The van der Waals surface area contributed by atoms with E-state index in [1.54, 1.807) is 0 Å². The van der Waals surface area contributed by atoms with Gasteiger partial charge in [0.2, 0.25) is 0 Å². The van der Waals surface area contributed by atoms with Gasteiger partial charge >= 0.3 is 0 Å². The van der Waals surface area contributed by atoms with Crippen LogP contribution in [-0.4, -0.2) is 9.78 Å². The molecule has 0 saturated carbocycles. The van der Waals surface area contributed by atoms with Gasteiger partial charge in [0.05, 0.1) is 3.57 Å². The van der Waals surface area contributed by atoms with Crippen molar-refractivity contribution in [2.75, 3.05) is 0 Å². The lowest BCUT2D eigenvalue weighted by atomic mass is 10.5. The van der Waals surface area contributed by atoms with Crippen molar-refractivity contribution < 1.29 is 0 Å². The van der Waals surface area contributed by atoms with Crippen molar-refractivity contribution in [3.63, 3.8) is 0 Å². The zero-order valence-electron chi connectivity index (χ0n) is 5.48. The Balaban J connectivity index is 3.04. The Morgan fingerprint density at radius 2 is 2.44 bits per heavy atom. The van der Waals surface area contributed by atoms with Crippen LogP contribution >= 0.6 is 22.6 Å². The minimum absolute atomic E-state index is 0.936. The maximum atomic E-state index is 4.02. The fraction of sp³-hybridized carbons (Fsp3) is 0.500. The Hall–Kier alpha value is -0.0600. The summed E-state index contributed by atoms with van der Waals surface area (Å²) >= 11 is 2.23. The van der Waals surface area contributed by atoms with Gasteiger partial charge in [-0.2, -0.15) is 5.10 Å². The van der Waals surface area contributed by atoms with E-state index in [0.29, 0.717) is 0 Å². The lowest BCUT2D eigenvalue weighted by Crippen LogP contribution is -1.98. The fourth-order valence-electron chi connectivity index (χ4n) is 0.681. The Kier molecular flexibility index (Phi) is 2.10. The lowest BCUT2D eigenvalue weighted by molar-refractivity contribution is 0.638. The predicted octanol–water partition coefficient (Wildman–Crippen LogP) is 1.62. The Labute approximate surface area is 68.4 Å². The molecule has 0 unspecified atom stereocenters. The number of rotatable bonds is 1. The summed E-state index contributed by atoms with van der Waals surface area (Å²) in [4.78, 5) is 0. The van der Waals surface area contributed by atoms with Crippen molar-refractivity contribution in [2.45, 2.75) is 20.4 Å². The standard InChI is InChI=1S/C6H8IN2/c1-3-9-5(2)6(7)4-8-9/h3H2,1-2H3. The number of hydrogen-bond acceptors (Lipinski definition) is 1. The van der Waals surface area contributed by atoms with Crippen molar-refractivity contribution in [1.29, 1.82) is 0 Å². The van der Waals surface area contributed by atoms with Crippen LogP contribution in [-0.2, 0) is 6.54 Å². The molecule has 1 radical (unpaired) electrons. The van der Waals surface area contributed by atoms with Crippen molar-refractivity contribution in [3.05, 3.63) is 15.5 Å². The first-order valence-electron chi connectivity index (χ1n) is 2.86. The van der Waals surface area contributed by atoms with E-state index in [0.717, 1.165) is 10.1 Å². The van der Waals surface area contributed by atoms with Gasteiger partial charge in [-0.3, -0.25) is 4.68 Å².